The number of esters is 2. The van der Waals surface area contributed by atoms with Crippen LogP contribution in [0.1, 0.15) is 64.8 Å². The zero-order valence-electron chi connectivity index (χ0n) is 25.7. The number of ether oxygens (including phenoxy) is 6. The standard InChI is InChI=1S/C33H39NO11/c1-40-27(35)7-4-14-43-21-11-12-23-24(18-21)33(39)30(32(23)38)25-13-10-20-17-22(44-15-5-8-28(36)41-2)19-26(31(20)34-25)45-16-6-9-29(37)42-3/h10-13,17-19,25,27,30,34-35H,4-9,14-16H2,1-3H3/p+1. The lowest BCUT2D eigenvalue weighted by atomic mass is 9.90. The Morgan fingerprint density at radius 2 is 1.47 bits per heavy atom. The lowest BCUT2D eigenvalue weighted by molar-refractivity contribution is -0.603. The van der Waals surface area contributed by atoms with E-state index in [4.69, 9.17) is 23.7 Å². The Kier molecular flexibility index (Phi) is 12.1. The van der Waals surface area contributed by atoms with Crippen LogP contribution >= 0.6 is 0 Å². The van der Waals surface area contributed by atoms with Crippen molar-refractivity contribution in [3.8, 4) is 17.2 Å². The highest BCUT2D eigenvalue weighted by Crippen LogP contribution is 2.37. The first kappa shape index (κ1) is 33.6. The molecule has 242 valence electrons. The number of aliphatic hydroxyl groups is 1. The summed E-state index contributed by atoms with van der Waals surface area (Å²) in [6.07, 6.45) is 5.09. The second-order valence-corrected chi connectivity index (χ2v) is 10.7. The van der Waals surface area contributed by atoms with Gasteiger partial charge in [-0.1, -0.05) is 0 Å². The maximum atomic E-state index is 13.6. The number of hydrogen-bond donors (Lipinski definition) is 2. The van der Waals surface area contributed by atoms with Gasteiger partial charge in [-0.25, -0.2) is 0 Å². The van der Waals surface area contributed by atoms with Gasteiger partial charge in [-0.15, -0.1) is 0 Å². The third-order valence-corrected chi connectivity index (χ3v) is 7.64. The van der Waals surface area contributed by atoms with Crippen molar-refractivity contribution in [2.45, 2.75) is 50.9 Å². The predicted octanol–water partition coefficient (Wildman–Crippen LogP) is 2.76. The smallest absolute Gasteiger partial charge is 0.305 e. The van der Waals surface area contributed by atoms with Gasteiger partial charge in [0.05, 0.1) is 34.0 Å². The molecular weight excluding hydrogens is 586 g/mol. The van der Waals surface area contributed by atoms with Crippen LogP contribution in [0, 0.1) is 5.92 Å². The molecule has 0 saturated carbocycles. The van der Waals surface area contributed by atoms with Gasteiger partial charge in [0.15, 0.2) is 29.3 Å². The van der Waals surface area contributed by atoms with Crippen LogP contribution in [0.5, 0.6) is 17.2 Å². The molecule has 2 aromatic carbocycles. The molecule has 2 aromatic rings. The van der Waals surface area contributed by atoms with Crippen LogP contribution in [-0.4, -0.2) is 82.1 Å². The second kappa shape index (κ2) is 16.2. The molecule has 0 saturated heterocycles. The molecule has 3 N–H and O–H groups in total. The van der Waals surface area contributed by atoms with Crippen molar-refractivity contribution >= 4 is 35.3 Å². The van der Waals surface area contributed by atoms with Gasteiger partial charge in [-0.05, 0) is 55.7 Å². The van der Waals surface area contributed by atoms with E-state index in [1.54, 1.807) is 24.3 Å². The molecule has 4 rings (SSSR count). The molecule has 0 bridgehead atoms. The van der Waals surface area contributed by atoms with Gasteiger partial charge >= 0.3 is 11.9 Å². The van der Waals surface area contributed by atoms with Crippen LogP contribution in [0.2, 0.25) is 0 Å². The SMILES string of the molecule is COC(=O)CCCOc1cc2c(c(OCCCC(=O)OC)c1)[NH2+]C(C1C(=O)c3ccc(OCCCC(O)OC)cc3C1=O)C=C2. The summed E-state index contributed by atoms with van der Waals surface area (Å²) in [4.78, 5) is 50.0. The van der Waals surface area contributed by atoms with Crippen molar-refractivity contribution in [2.24, 2.45) is 5.92 Å². The molecular formula is C33H40NO11+. The Balaban J connectivity index is 1.48. The van der Waals surface area contributed by atoms with Crippen LogP contribution in [0.4, 0.5) is 5.69 Å². The van der Waals surface area contributed by atoms with Crippen molar-refractivity contribution < 1.29 is 58.0 Å². The van der Waals surface area contributed by atoms with Crippen molar-refractivity contribution in [2.75, 3.05) is 41.2 Å². The lowest BCUT2D eigenvalue weighted by Crippen LogP contribution is -2.87. The van der Waals surface area contributed by atoms with Gasteiger partial charge in [0, 0.05) is 49.1 Å². The van der Waals surface area contributed by atoms with E-state index >= 15 is 0 Å². The second-order valence-electron chi connectivity index (χ2n) is 10.7. The Morgan fingerprint density at radius 3 is 2.16 bits per heavy atom. The van der Waals surface area contributed by atoms with Crippen molar-refractivity contribution in [1.29, 1.82) is 0 Å². The summed E-state index contributed by atoms with van der Waals surface area (Å²) in [5.74, 6) is -0.643. The highest BCUT2D eigenvalue weighted by atomic mass is 16.6. The van der Waals surface area contributed by atoms with Crippen molar-refractivity contribution in [3.05, 3.63) is 53.1 Å². The summed E-state index contributed by atoms with van der Waals surface area (Å²) in [5, 5.41) is 11.4. The molecule has 1 heterocycles. The number of fused-ring (bicyclic) bond motifs is 2. The molecule has 0 fully saturated rings. The number of benzene rings is 2. The quantitative estimate of drug-likeness (QED) is 0.0874. The molecule has 3 atom stereocenters. The summed E-state index contributed by atoms with van der Waals surface area (Å²) >= 11 is 0. The Hall–Kier alpha value is -4.26. The van der Waals surface area contributed by atoms with Crippen LogP contribution in [0.3, 0.4) is 0 Å². The summed E-state index contributed by atoms with van der Waals surface area (Å²) in [5.41, 5.74) is 2.17. The van der Waals surface area contributed by atoms with E-state index in [1.807, 2.05) is 23.5 Å². The monoisotopic (exact) mass is 626 g/mol. The lowest BCUT2D eigenvalue weighted by Gasteiger charge is -2.23. The average molecular weight is 627 g/mol. The summed E-state index contributed by atoms with van der Waals surface area (Å²) in [7, 11) is 4.09. The fourth-order valence-electron chi connectivity index (χ4n) is 5.22. The number of carbonyl (C=O) groups excluding carboxylic acids is 4. The summed E-state index contributed by atoms with van der Waals surface area (Å²) in [6, 6.07) is 7.93. The zero-order chi connectivity index (χ0) is 32.3. The number of hydrogen-bond acceptors (Lipinski definition) is 11. The first-order valence-corrected chi connectivity index (χ1v) is 14.9. The number of aliphatic hydroxyl groups excluding tert-OH is 1. The normalized spacial score (nSPS) is 17.3. The Bertz CT molecular complexity index is 1420. The topological polar surface area (TPSA) is 160 Å². The minimum absolute atomic E-state index is 0.193. The van der Waals surface area contributed by atoms with E-state index in [0.29, 0.717) is 66.4 Å². The Labute approximate surface area is 261 Å². The predicted molar refractivity (Wildman–Crippen MR) is 161 cm³/mol. The minimum atomic E-state index is -0.932. The van der Waals surface area contributed by atoms with Gasteiger partial charge in [0.1, 0.15) is 23.5 Å². The summed E-state index contributed by atoms with van der Waals surface area (Å²) < 4.78 is 31.9. The first-order valence-electron chi connectivity index (χ1n) is 14.9. The zero-order valence-corrected chi connectivity index (χ0v) is 25.7. The molecule has 0 spiro atoms. The molecule has 45 heavy (non-hydrogen) atoms. The van der Waals surface area contributed by atoms with Crippen LogP contribution in [0.15, 0.2) is 36.4 Å². The van der Waals surface area contributed by atoms with Crippen LogP contribution in [-0.2, 0) is 23.8 Å². The molecule has 1 aliphatic carbocycles. The van der Waals surface area contributed by atoms with Crippen LogP contribution < -0.4 is 19.5 Å². The van der Waals surface area contributed by atoms with Crippen molar-refractivity contribution in [1.82, 2.24) is 0 Å². The molecule has 3 unspecified atom stereocenters. The van der Waals surface area contributed by atoms with Gasteiger partial charge in [-0.2, -0.15) is 0 Å². The molecule has 12 heteroatoms. The number of ketones is 2. The number of methoxy groups -OCH3 is 3. The molecule has 12 nitrogen and oxygen atoms in total. The molecule has 0 amide bonds. The number of nitrogens with two attached hydrogens (primary N) is 1. The highest BCUT2D eigenvalue weighted by Gasteiger charge is 2.46. The average Bonchev–Trinajstić information content (AvgIpc) is 3.30. The molecule has 0 aromatic heterocycles. The van der Waals surface area contributed by atoms with Gasteiger partial charge < -0.3 is 38.8 Å². The summed E-state index contributed by atoms with van der Waals surface area (Å²) in [6.45, 7) is 0.839. The molecule has 1 aliphatic heterocycles. The highest BCUT2D eigenvalue weighted by molar-refractivity contribution is 6.27. The molecule has 0 radical (unpaired) electrons. The molecule has 2 aliphatic rings. The fourth-order valence-corrected chi connectivity index (χ4v) is 5.22. The van der Waals surface area contributed by atoms with E-state index in [2.05, 4.69) is 4.74 Å². The third kappa shape index (κ3) is 8.68. The van der Waals surface area contributed by atoms with E-state index in [0.717, 1.165) is 5.56 Å². The minimum Gasteiger partial charge on any atom is -0.494 e. The van der Waals surface area contributed by atoms with E-state index in [-0.39, 0.29) is 49.6 Å². The fraction of sp³-hybridized carbons (Fsp3) is 0.455. The van der Waals surface area contributed by atoms with Crippen LogP contribution in [0.25, 0.3) is 6.08 Å². The van der Waals surface area contributed by atoms with Gasteiger partial charge in [-0.3, -0.25) is 19.2 Å². The van der Waals surface area contributed by atoms with E-state index in [1.165, 1.54) is 21.3 Å². The largest absolute Gasteiger partial charge is 0.494 e. The van der Waals surface area contributed by atoms with E-state index < -0.39 is 18.2 Å². The van der Waals surface area contributed by atoms with Gasteiger partial charge in [0.25, 0.3) is 0 Å². The van der Waals surface area contributed by atoms with E-state index in [9.17, 15) is 24.3 Å². The first-order chi connectivity index (χ1) is 21.7. The maximum Gasteiger partial charge on any atom is 0.305 e. The third-order valence-electron chi connectivity index (χ3n) is 7.64. The van der Waals surface area contributed by atoms with Crippen molar-refractivity contribution in [3.63, 3.8) is 0 Å². The number of rotatable bonds is 17. The number of carbonyl (C=O) groups is 4. The number of Topliss-reactive ketones (excluding diaryl/α,β-unsaturated/α-hetero) is 2. The van der Waals surface area contributed by atoms with Gasteiger partial charge in [0.2, 0.25) is 0 Å². The Morgan fingerprint density at radius 1 is 0.822 bits per heavy atom. The number of quaternary nitrogens is 1. The maximum absolute atomic E-state index is 13.6.